The maximum Gasteiger partial charge on any atom is 0.161 e. The van der Waals surface area contributed by atoms with Crippen LogP contribution in [0, 0.1) is 23.4 Å². The number of halogens is 3. The van der Waals surface area contributed by atoms with E-state index in [0.717, 1.165) is 31.7 Å². The van der Waals surface area contributed by atoms with Crippen molar-refractivity contribution in [3.63, 3.8) is 0 Å². The van der Waals surface area contributed by atoms with Crippen molar-refractivity contribution in [1.82, 2.24) is 10.0 Å². The van der Waals surface area contributed by atoms with Gasteiger partial charge in [-0.15, -0.1) is 4.72 Å². The van der Waals surface area contributed by atoms with Crippen molar-refractivity contribution >= 4 is 11.4 Å². The topological polar surface area (TPSA) is 47.1 Å². The van der Waals surface area contributed by atoms with Crippen LogP contribution < -0.4 is 10.0 Å². The molecule has 1 aromatic rings. The Morgan fingerprint density at radius 1 is 1.12 bits per heavy atom. The van der Waals surface area contributed by atoms with Gasteiger partial charge in [-0.25, -0.2) is 13.2 Å². The van der Waals surface area contributed by atoms with E-state index < -0.39 is 33.6 Å². The van der Waals surface area contributed by atoms with Crippen LogP contribution in [0.5, 0.6) is 0 Å². The highest BCUT2D eigenvalue weighted by Gasteiger charge is 2.40. The van der Waals surface area contributed by atoms with Gasteiger partial charge < -0.3 is 9.87 Å². The van der Waals surface area contributed by atoms with Crippen molar-refractivity contribution in [3.05, 3.63) is 35.1 Å². The SMILES string of the molecule is CC(C)(C)[S@+]([O-])N[C@@H](Cc1cc(F)c(F)cc1F)[C@@H]1C[C@H]2CC[C@@H](C1)N2. The van der Waals surface area contributed by atoms with Crippen LogP contribution in [-0.4, -0.2) is 27.4 Å². The maximum atomic E-state index is 14.2. The van der Waals surface area contributed by atoms with Gasteiger partial charge in [-0.3, -0.25) is 0 Å². The molecule has 2 aliphatic rings. The lowest BCUT2D eigenvalue weighted by atomic mass is 9.83. The van der Waals surface area contributed by atoms with Gasteiger partial charge in [-0.2, -0.15) is 0 Å². The molecule has 2 bridgehead atoms. The molecule has 2 fully saturated rings. The van der Waals surface area contributed by atoms with Crippen LogP contribution >= 0.6 is 0 Å². The number of hydrogen-bond donors (Lipinski definition) is 2. The zero-order valence-corrected chi connectivity index (χ0v) is 16.3. The van der Waals surface area contributed by atoms with E-state index in [1.807, 2.05) is 20.8 Å². The molecule has 0 unspecified atom stereocenters. The first-order valence-corrected chi connectivity index (χ1v) is 10.4. The van der Waals surface area contributed by atoms with Crippen LogP contribution in [0.1, 0.15) is 52.0 Å². The molecule has 2 saturated heterocycles. The molecule has 0 amide bonds. The lowest BCUT2D eigenvalue weighted by Crippen LogP contribution is -2.52. The Morgan fingerprint density at radius 3 is 2.27 bits per heavy atom. The fourth-order valence-electron chi connectivity index (χ4n) is 4.01. The Hall–Kier alpha value is -0.760. The largest absolute Gasteiger partial charge is 0.598 e. The second kappa shape index (κ2) is 7.70. The summed E-state index contributed by atoms with van der Waals surface area (Å²) < 4.78 is 56.4. The third-order valence-electron chi connectivity index (χ3n) is 5.42. The van der Waals surface area contributed by atoms with Crippen molar-refractivity contribution in [3.8, 4) is 0 Å². The smallest absolute Gasteiger partial charge is 0.161 e. The summed E-state index contributed by atoms with van der Waals surface area (Å²) in [6.07, 6.45) is 4.27. The fraction of sp³-hybridized carbons (Fsp3) is 0.684. The quantitative estimate of drug-likeness (QED) is 0.599. The normalized spacial score (nSPS) is 28.2. The Morgan fingerprint density at radius 2 is 1.69 bits per heavy atom. The molecule has 0 aromatic heterocycles. The molecule has 0 aliphatic carbocycles. The lowest BCUT2D eigenvalue weighted by Gasteiger charge is -2.37. The van der Waals surface area contributed by atoms with Gasteiger partial charge in [-0.1, -0.05) is 0 Å². The zero-order valence-electron chi connectivity index (χ0n) is 15.5. The van der Waals surface area contributed by atoms with Gasteiger partial charge in [-0.05, 0) is 70.4 Å². The summed E-state index contributed by atoms with van der Waals surface area (Å²) in [5, 5.41) is 3.56. The third kappa shape index (κ3) is 4.55. The first-order chi connectivity index (χ1) is 12.1. The summed E-state index contributed by atoms with van der Waals surface area (Å²) in [7, 11) is 0. The molecular weight excluding hydrogens is 361 g/mol. The van der Waals surface area contributed by atoms with Crippen LogP contribution in [0.4, 0.5) is 13.2 Å². The van der Waals surface area contributed by atoms with E-state index in [4.69, 9.17) is 0 Å². The van der Waals surface area contributed by atoms with E-state index in [1.165, 1.54) is 0 Å². The second-order valence-electron chi connectivity index (χ2n) is 8.54. The van der Waals surface area contributed by atoms with Gasteiger partial charge in [0.2, 0.25) is 0 Å². The van der Waals surface area contributed by atoms with Gasteiger partial charge in [0.15, 0.2) is 11.6 Å². The van der Waals surface area contributed by atoms with E-state index in [2.05, 4.69) is 10.0 Å². The number of hydrogen-bond acceptors (Lipinski definition) is 3. The monoisotopic (exact) mass is 388 g/mol. The summed E-state index contributed by atoms with van der Waals surface area (Å²) in [5.41, 5.74) is 0.123. The minimum Gasteiger partial charge on any atom is -0.598 e. The molecule has 0 saturated carbocycles. The second-order valence-corrected chi connectivity index (χ2v) is 10.5. The van der Waals surface area contributed by atoms with Crippen LogP contribution in [0.3, 0.4) is 0 Å². The molecule has 2 N–H and O–H groups in total. The summed E-state index contributed by atoms with van der Waals surface area (Å²) in [5.74, 6) is -2.78. The van der Waals surface area contributed by atoms with Gasteiger partial charge in [0.25, 0.3) is 0 Å². The molecule has 2 heterocycles. The Bertz CT molecular complexity index is 640. The molecule has 146 valence electrons. The summed E-state index contributed by atoms with van der Waals surface area (Å²) in [6, 6.07) is 2.13. The average Bonchev–Trinajstić information content (AvgIpc) is 2.88. The minimum absolute atomic E-state index is 0.123. The number of nitrogens with one attached hydrogen (secondary N) is 2. The van der Waals surface area contributed by atoms with Crippen molar-refractivity contribution < 1.29 is 17.7 Å². The van der Waals surface area contributed by atoms with E-state index in [0.29, 0.717) is 18.2 Å². The van der Waals surface area contributed by atoms with Gasteiger partial charge in [0, 0.05) is 29.5 Å². The van der Waals surface area contributed by atoms with E-state index >= 15 is 0 Å². The first-order valence-electron chi connectivity index (χ1n) is 9.21. The third-order valence-corrected chi connectivity index (χ3v) is 7.05. The number of fused-ring (bicyclic) bond motifs is 2. The highest BCUT2D eigenvalue weighted by molar-refractivity contribution is 7.90. The van der Waals surface area contributed by atoms with E-state index in [9.17, 15) is 17.7 Å². The van der Waals surface area contributed by atoms with Crippen LogP contribution in [-0.2, 0) is 17.8 Å². The van der Waals surface area contributed by atoms with Gasteiger partial charge in [0.1, 0.15) is 10.6 Å². The van der Waals surface area contributed by atoms with Gasteiger partial charge >= 0.3 is 0 Å². The Balaban J connectivity index is 1.82. The molecule has 0 radical (unpaired) electrons. The molecule has 0 spiro atoms. The minimum atomic E-state index is -1.32. The molecule has 2 aliphatic heterocycles. The summed E-state index contributed by atoms with van der Waals surface area (Å²) >= 11 is -1.32. The van der Waals surface area contributed by atoms with Crippen molar-refractivity contribution in [2.45, 2.75) is 75.7 Å². The Kier molecular flexibility index (Phi) is 5.92. The van der Waals surface area contributed by atoms with Crippen molar-refractivity contribution in [2.24, 2.45) is 5.92 Å². The molecule has 7 heteroatoms. The predicted octanol–water partition coefficient (Wildman–Crippen LogP) is 3.60. The number of rotatable bonds is 5. The van der Waals surface area contributed by atoms with Crippen molar-refractivity contribution in [1.29, 1.82) is 0 Å². The van der Waals surface area contributed by atoms with Crippen LogP contribution in [0.2, 0.25) is 0 Å². The summed E-state index contributed by atoms with van der Waals surface area (Å²) in [6.45, 7) is 5.62. The molecule has 26 heavy (non-hydrogen) atoms. The zero-order chi connectivity index (χ0) is 19.1. The molecule has 3 nitrogen and oxygen atoms in total. The fourth-order valence-corrected chi connectivity index (χ4v) is 4.91. The number of piperidine rings is 1. The van der Waals surface area contributed by atoms with Crippen LogP contribution in [0.15, 0.2) is 12.1 Å². The lowest BCUT2D eigenvalue weighted by molar-refractivity contribution is 0.247. The van der Waals surface area contributed by atoms with Crippen LogP contribution in [0.25, 0.3) is 0 Å². The molecule has 5 atom stereocenters. The molecule has 3 rings (SSSR count). The predicted molar refractivity (Wildman–Crippen MR) is 97.5 cm³/mol. The van der Waals surface area contributed by atoms with E-state index in [-0.39, 0.29) is 23.9 Å². The van der Waals surface area contributed by atoms with Crippen molar-refractivity contribution in [2.75, 3.05) is 0 Å². The van der Waals surface area contributed by atoms with E-state index in [1.54, 1.807) is 0 Å². The highest BCUT2D eigenvalue weighted by Crippen LogP contribution is 2.34. The number of benzene rings is 1. The average molecular weight is 388 g/mol. The molecule has 1 aromatic carbocycles. The van der Waals surface area contributed by atoms with Gasteiger partial charge in [0.05, 0.1) is 6.04 Å². The molecular formula is C19H27F3N2OS. The Labute approximate surface area is 156 Å². The highest BCUT2D eigenvalue weighted by atomic mass is 32.2. The first kappa shape index (κ1) is 20.0. The standard InChI is InChI=1S/C19H27F3N2OS/c1-19(2,3)26(25)24-18(12-6-13-4-5-14(7-12)23-13)9-11-8-16(21)17(22)10-15(11)20/h8,10,12-14,18,23-24H,4-7,9H2,1-3H3/t12-,13-,14+,18-,26-/m0/s1. The summed E-state index contributed by atoms with van der Waals surface area (Å²) in [4.78, 5) is 0. The maximum absolute atomic E-state index is 14.2.